The molecular weight excluding hydrogens is 188 g/mol. The third-order valence-electron chi connectivity index (χ3n) is 3.01. The molecule has 1 fully saturated rings. The Bertz CT molecular complexity index is 252. The summed E-state index contributed by atoms with van der Waals surface area (Å²) >= 11 is 0. The molecule has 0 saturated carbocycles. The Morgan fingerprint density at radius 2 is 2.13 bits per heavy atom. The number of carbonyl (C=O) groups excluding carboxylic acids is 1. The number of hydrogen-bond donors (Lipinski definition) is 2. The molecule has 1 saturated heterocycles. The van der Waals surface area contributed by atoms with Gasteiger partial charge in [0, 0.05) is 24.7 Å². The van der Waals surface area contributed by atoms with Crippen molar-refractivity contribution in [2.45, 2.75) is 46.1 Å². The van der Waals surface area contributed by atoms with E-state index >= 15 is 0 Å². The minimum Gasteiger partial charge on any atom is -0.350 e. The molecule has 15 heavy (non-hydrogen) atoms. The Balaban J connectivity index is 2.46. The third-order valence-corrected chi connectivity index (χ3v) is 3.01. The molecule has 3 nitrogen and oxygen atoms in total. The first kappa shape index (κ1) is 12.2. The highest BCUT2D eigenvalue weighted by molar-refractivity contribution is 5.94. The summed E-state index contributed by atoms with van der Waals surface area (Å²) in [5.74, 6) is 0.117. The highest BCUT2D eigenvalue weighted by Gasteiger charge is 2.17. The molecule has 0 bridgehead atoms. The van der Waals surface area contributed by atoms with E-state index in [-0.39, 0.29) is 5.91 Å². The van der Waals surface area contributed by atoms with E-state index in [2.05, 4.69) is 24.5 Å². The van der Waals surface area contributed by atoms with Crippen molar-refractivity contribution in [3.05, 3.63) is 11.1 Å². The predicted octanol–water partition coefficient (Wildman–Crippen LogP) is 1.60. The van der Waals surface area contributed by atoms with Crippen LogP contribution in [0, 0.1) is 0 Å². The summed E-state index contributed by atoms with van der Waals surface area (Å²) in [6, 6.07) is 0.339. The SMILES string of the molecule is CCCC(CC)NC(=O)C(C)=C1CNC1. The molecule has 0 aromatic heterocycles. The first-order chi connectivity index (χ1) is 7.19. The van der Waals surface area contributed by atoms with Crippen LogP contribution in [0.15, 0.2) is 11.1 Å². The molecule has 86 valence electrons. The van der Waals surface area contributed by atoms with Gasteiger partial charge in [0.1, 0.15) is 0 Å². The van der Waals surface area contributed by atoms with E-state index < -0.39 is 0 Å². The van der Waals surface area contributed by atoms with Crippen LogP contribution in [-0.2, 0) is 4.79 Å². The lowest BCUT2D eigenvalue weighted by molar-refractivity contribution is -0.118. The van der Waals surface area contributed by atoms with Gasteiger partial charge in [-0.15, -0.1) is 0 Å². The van der Waals surface area contributed by atoms with Gasteiger partial charge in [0.2, 0.25) is 5.91 Å². The monoisotopic (exact) mass is 210 g/mol. The van der Waals surface area contributed by atoms with Crippen LogP contribution in [0.5, 0.6) is 0 Å². The van der Waals surface area contributed by atoms with Crippen molar-refractivity contribution in [3.8, 4) is 0 Å². The van der Waals surface area contributed by atoms with Crippen LogP contribution in [0.4, 0.5) is 0 Å². The second-order valence-corrected chi connectivity index (χ2v) is 4.20. The van der Waals surface area contributed by atoms with Crippen LogP contribution >= 0.6 is 0 Å². The maximum absolute atomic E-state index is 11.8. The van der Waals surface area contributed by atoms with Crippen molar-refractivity contribution in [1.29, 1.82) is 0 Å². The molecule has 0 aliphatic carbocycles. The molecule has 1 unspecified atom stereocenters. The first-order valence-electron chi connectivity index (χ1n) is 5.89. The highest BCUT2D eigenvalue weighted by atomic mass is 16.1. The summed E-state index contributed by atoms with van der Waals surface area (Å²) < 4.78 is 0. The van der Waals surface area contributed by atoms with Gasteiger partial charge in [-0.1, -0.05) is 20.3 Å². The number of carbonyl (C=O) groups is 1. The van der Waals surface area contributed by atoms with E-state index in [1.807, 2.05) is 6.92 Å². The van der Waals surface area contributed by atoms with Crippen LogP contribution < -0.4 is 10.6 Å². The number of amides is 1. The molecule has 1 heterocycles. The largest absolute Gasteiger partial charge is 0.350 e. The lowest BCUT2D eigenvalue weighted by atomic mass is 10.0. The molecule has 2 N–H and O–H groups in total. The summed E-state index contributed by atoms with van der Waals surface area (Å²) in [5.41, 5.74) is 2.15. The van der Waals surface area contributed by atoms with Crippen LogP contribution in [0.3, 0.4) is 0 Å². The van der Waals surface area contributed by atoms with Crippen molar-refractivity contribution in [1.82, 2.24) is 10.6 Å². The smallest absolute Gasteiger partial charge is 0.247 e. The Kier molecular flexibility index (Phi) is 4.82. The van der Waals surface area contributed by atoms with Crippen molar-refractivity contribution in [2.75, 3.05) is 13.1 Å². The van der Waals surface area contributed by atoms with E-state index in [4.69, 9.17) is 0 Å². The topological polar surface area (TPSA) is 41.1 Å². The molecule has 1 amide bonds. The normalized spacial score (nSPS) is 16.9. The summed E-state index contributed by atoms with van der Waals surface area (Å²) in [6.07, 6.45) is 3.21. The van der Waals surface area contributed by atoms with E-state index in [0.717, 1.165) is 37.9 Å². The van der Waals surface area contributed by atoms with Gasteiger partial charge in [0.15, 0.2) is 0 Å². The fourth-order valence-electron chi connectivity index (χ4n) is 1.70. The van der Waals surface area contributed by atoms with Crippen LogP contribution in [-0.4, -0.2) is 25.0 Å². The molecule has 1 aliphatic heterocycles. The van der Waals surface area contributed by atoms with Gasteiger partial charge < -0.3 is 10.6 Å². The molecule has 3 heteroatoms. The molecular formula is C12H22N2O. The van der Waals surface area contributed by atoms with E-state index in [0.29, 0.717) is 6.04 Å². The van der Waals surface area contributed by atoms with Gasteiger partial charge in [-0.25, -0.2) is 0 Å². The zero-order valence-electron chi connectivity index (χ0n) is 10.0. The third kappa shape index (κ3) is 3.34. The zero-order chi connectivity index (χ0) is 11.3. The Hall–Kier alpha value is -0.830. The van der Waals surface area contributed by atoms with E-state index in [1.165, 1.54) is 5.57 Å². The van der Waals surface area contributed by atoms with Gasteiger partial charge >= 0.3 is 0 Å². The maximum Gasteiger partial charge on any atom is 0.247 e. The minimum absolute atomic E-state index is 0.117. The van der Waals surface area contributed by atoms with Crippen molar-refractivity contribution in [2.24, 2.45) is 0 Å². The average Bonchev–Trinajstić information content (AvgIpc) is 2.14. The second-order valence-electron chi connectivity index (χ2n) is 4.20. The van der Waals surface area contributed by atoms with E-state index in [1.54, 1.807) is 0 Å². The lowest BCUT2D eigenvalue weighted by Gasteiger charge is -2.23. The summed E-state index contributed by atoms with van der Waals surface area (Å²) in [4.78, 5) is 11.8. The van der Waals surface area contributed by atoms with Gasteiger partial charge in [-0.3, -0.25) is 4.79 Å². The van der Waals surface area contributed by atoms with Crippen molar-refractivity contribution >= 4 is 5.91 Å². The minimum atomic E-state index is 0.117. The molecule has 0 spiro atoms. The predicted molar refractivity (Wildman–Crippen MR) is 62.7 cm³/mol. The fraction of sp³-hybridized carbons (Fsp3) is 0.750. The van der Waals surface area contributed by atoms with E-state index in [9.17, 15) is 4.79 Å². The van der Waals surface area contributed by atoms with Gasteiger partial charge in [0.25, 0.3) is 0 Å². The number of nitrogens with one attached hydrogen (secondary N) is 2. The van der Waals surface area contributed by atoms with Crippen molar-refractivity contribution < 1.29 is 4.79 Å². The summed E-state index contributed by atoms with van der Waals surface area (Å²) in [6.45, 7) is 7.95. The van der Waals surface area contributed by atoms with Crippen LogP contribution in [0.25, 0.3) is 0 Å². The summed E-state index contributed by atoms with van der Waals surface area (Å²) in [5, 5.41) is 6.24. The van der Waals surface area contributed by atoms with Gasteiger partial charge in [-0.05, 0) is 25.3 Å². The molecule has 1 aliphatic rings. The Morgan fingerprint density at radius 3 is 2.53 bits per heavy atom. The fourth-order valence-corrected chi connectivity index (χ4v) is 1.70. The molecule has 0 radical (unpaired) electrons. The second kappa shape index (κ2) is 5.91. The summed E-state index contributed by atoms with van der Waals surface area (Å²) in [7, 11) is 0. The number of rotatable bonds is 5. The highest BCUT2D eigenvalue weighted by Crippen LogP contribution is 2.10. The van der Waals surface area contributed by atoms with Gasteiger partial charge in [0.05, 0.1) is 0 Å². The molecule has 1 atom stereocenters. The van der Waals surface area contributed by atoms with Crippen molar-refractivity contribution in [3.63, 3.8) is 0 Å². The van der Waals surface area contributed by atoms with Gasteiger partial charge in [-0.2, -0.15) is 0 Å². The molecule has 0 aromatic carbocycles. The zero-order valence-corrected chi connectivity index (χ0v) is 10.0. The first-order valence-corrected chi connectivity index (χ1v) is 5.89. The molecule has 1 rings (SSSR count). The van der Waals surface area contributed by atoms with Crippen LogP contribution in [0.2, 0.25) is 0 Å². The molecule has 0 aromatic rings. The maximum atomic E-state index is 11.8. The standard InChI is InChI=1S/C12H22N2O/c1-4-6-11(5-2)14-12(15)9(3)10-7-13-8-10/h11,13H,4-8H2,1-3H3,(H,14,15). The Morgan fingerprint density at radius 1 is 1.47 bits per heavy atom. The number of hydrogen-bond acceptors (Lipinski definition) is 2. The average molecular weight is 210 g/mol. The Labute approximate surface area is 92.3 Å². The quantitative estimate of drug-likeness (QED) is 0.677. The lowest BCUT2D eigenvalue weighted by Crippen LogP contribution is -2.40. The van der Waals surface area contributed by atoms with Crippen LogP contribution in [0.1, 0.15) is 40.0 Å².